The summed E-state index contributed by atoms with van der Waals surface area (Å²) in [5, 5.41) is 0. The van der Waals surface area contributed by atoms with Crippen LogP contribution >= 0.6 is 43.0 Å². The van der Waals surface area contributed by atoms with Gasteiger partial charge in [0.2, 0.25) is 0 Å². The fourth-order valence-corrected chi connectivity index (χ4v) is 10.6. The van der Waals surface area contributed by atoms with E-state index in [-0.39, 0.29) is 10.2 Å². The van der Waals surface area contributed by atoms with Gasteiger partial charge in [0.1, 0.15) is 6.61 Å². The molecule has 3 saturated carbocycles. The van der Waals surface area contributed by atoms with Crippen LogP contribution in [0.1, 0.15) is 119 Å². The number of benzene rings is 1. The molecule has 8 atom stereocenters. The summed E-state index contributed by atoms with van der Waals surface area (Å²) in [6.45, 7) is 21.2. The molecule has 49 heavy (non-hydrogen) atoms. The molecule has 5 rings (SSSR count). The van der Waals surface area contributed by atoms with Crippen molar-refractivity contribution in [1.82, 2.24) is 4.72 Å². The highest BCUT2D eigenvalue weighted by Gasteiger charge is 2.58. The summed E-state index contributed by atoms with van der Waals surface area (Å²) in [7, 11) is 3.51. The Labute approximate surface area is 323 Å². The molecule has 0 aliphatic heterocycles. The summed E-state index contributed by atoms with van der Waals surface area (Å²) in [4.78, 5) is 9.76. The van der Waals surface area contributed by atoms with E-state index >= 15 is 0 Å². The maximum absolute atomic E-state index is 9.76. The second-order valence-electron chi connectivity index (χ2n) is 15.7. The quantitative estimate of drug-likeness (QED) is 0.0546. The summed E-state index contributed by atoms with van der Waals surface area (Å²) >= 11 is 7.85. The lowest BCUT2D eigenvalue weighted by molar-refractivity contribution is -0.129. The molecule has 1 N–H and O–H groups in total. The predicted molar refractivity (Wildman–Crippen MR) is 222 cm³/mol. The number of allylic oxidation sites excluding steroid dienone is 2. The van der Waals surface area contributed by atoms with Gasteiger partial charge in [0, 0.05) is 45.5 Å². The second kappa shape index (κ2) is 23.4. The minimum atomic E-state index is 0.221. The van der Waals surface area contributed by atoms with Crippen LogP contribution in [0, 0.1) is 46.8 Å². The zero-order chi connectivity index (χ0) is 36.5. The lowest BCUT2D eigenvalue weighted by Gasteiger charge is -2.61. The number of nitrogens with one attached hydrogen (secondary N) is 1. The van der Waals surface area contributed by atoms with Crippen molar-refractivity contribution >= 4 is 49.4 Å². The molecule has 0 bridgehead atoms. The largest absolute Gasteiger partial charge is 0.463 e. The highest BCUT2D eigenvalue weighted by molar-refractivity contribution is 14.2. The Bertz CT molecular complexity index is 1070. The van der Waals surface area contributed by atoms with Gasteiger partial charge in [0.05, 0.1) is 19.3 Å². The Kier molecular flexibility index (Phi) is 21.5. The minimum absolute atomic E-state index is 0.221. The average molecular weight is 832 g/mol. The van der Waals surface area contributed by atoms with Gasteiger partial charge in [-0.3, -0.25) is 9.52 Å². The summed E-state index contributed by atoms with van der Waals surface area (Å²) in [6.07, 6.45) is 14.8. The first-order chi connectivity index (χ1) is 23.5. The van der Waals surface area contributed by atoms with E-state index in [1.165, 1.54) is 51.4 Å². The van der Waals surface area contributed by atoms with Gasteiger partial charge in [0.15, 0.2) is 0 Å². The number of carbonyl (C=O) groups excluding carboxylic acids is 1. The van der Waals surface area contributed by atoms with E-state index in [2.05, 4.69) is 78.3 Å². The second-order valence-corrected chi connectivity index (χ2v) is 18.3. The highest BCUT2D eigenvalue weighted by Crippen LogP contribution is 2.65. The molecular formula is C41H70INO4S2. The third kappa shape index (κ3) is 13.3. The Balaban J connectivity index is 0.000000432. The van der Waals surface area contributed by atoms with Crippen LogP contribution in [0.5, 0.6) is 0 Å². The van der Waals surface area contributed by atoms with Crippen molar-refractivity contribution in [3.63, 3.8) is 0 Å². The Hall–Kier alpha value is -0.260. The van der Waals surface area contributed by atoms with E-state index < -0.39 is 0 Å². The smallest absolute Gasteiger partial charge is 0.293 e. The molecule has 8 heteroatoms. The number of carbonyl (C=O) groups is 1. The molecule has 5 nitrogen and oxygen atoms in total. The number of hydrogen-bond acceptors (Lipinski definition) is 7. The van der Waals surface area contributed by atoms with Crippen LogP contribution in [-0.2, 0) is 25.6 Å². The zero-order valence-electron chi connectivity index (χ0n) is 32.2. The van der Waals surface area contributed by atoms with Gasteiger partial charge in [-0.15, -0.1) is 0 Å². The van der Waals surface area contributed by atoms with Crippen molar-refractivity contribution in [3.8, 4) is 0 Å². The molecule has 282 valence electrons. The summed E-state index contributed by atoms with van der Waals surface area (Å²) in [5.41, 5.74) is 3.07. The molecule has 1 aromatic rings. The Morgan fingerprint density at radius 3 is 2.37 bits per heavy atom. The predicted octanol–water partition coefficient (Wildman–Crippen LogP) is 11.6. The maximum Gasteiger partial charge on any atom is 0.293 e. The van der Waals surface area contributed by atoms with Gasteiger partial charge in [-0.1, -0.05) is 97.4 Å². The van der Waals surface area contributed by atoms with Gasteiger partial charge in [-0.05, 0) is 113 Å². The molecule has 0 heterocycles. The van der Waals surface area contributed by atoms with Crippen LogP contribution in [0.25, 0.3) is 0 Å². The molecule has 0 saturated heterocycles. The molecule has 0 amide bonds. The number of thiol groups is 1. The van der Waals surface area contributed by atoms with E-state index in [4.69, 9.17) is 22.1 Å². The van der Waals surface area contributed by atoms with E-state index in [9.17, 15) is 4.79 Å². The number of rotatable bonds is 12. The van der Waals surface area contributed by atoms with E-state index in [1.807, 2.05) is 51.3 Å². The fraction of sp³-hybridized carbons (Fsp3) is 0.780. The van der Waals surface area contributed by atoms with Crippen molar-refractivity contribution in [2.45, 2.75) is 131 Å². The first kappa shape index (κ1) is 44.9. The molecule has 7 unspecified atom stereocenters. The van der Waals surface area contributed by atoms with Crippen LogP contribution in [-0.4, -0.2) is 44.2 Å². The molecular weight excluding hydrogens is 761 g/mol. The van der Waals surface area contributed by atoms with Gasteiger partial charge < -0.3 is 14.2 Å². The van der Waals surface area contributed by atoms with Gasteiger partial charge in [-0.2, -0.15) is 12.6 Å². The summed E-state index contributed by atoms with van der Waals surface area (Å²) < 4.78 is 20.3. The van der Waals surface area contributed by atoms with Crippen LogP contribution < -0.4 is 4.72 Å². The number of hydrogen-bond donors (Lipinski definition) is 2. The lowest BCUT2D eigenvalue weighted by atomic mass is 9.47. The number of methoxy groups -OCH3 is 1. The minimum Gasteiger partial charge on any atom is -0.463 e. The van der Waals surface area contributed by atoms with Gasteiger partial charge >= 0.3 is 0 Å². The molecule has 4 aliphatic rings. The standard InChI is InChI=1S/C27H46INO2S2.C8H8O2.C4H10.C2H6/c1-18(2)15-19-9-12-27(32)20(16-19)5-6-23-24(27)8-7-22-21(17-30-4)25(10-11-26(22,23)3)31-14-13-29-33-28;9-7-10-6-8-4-2-1-3-5-8;1-4(2)3;1-2/h6,18-22,24-25,29,32H,5,7-17H2,1-4H3;1-5,7H,6H2;4H,1-3H3;1-2H3/t19?,20?,21?,22?,24?,25?,26-,27?;;;/m0.../s1. The number of fused-ring (bicyclic) bond motifs is 5. The van der Waals surface area contributed by atoms with Crippen LogP contribution in [0.2, 0.25) is 0 Å². The first-order valence-electron chi connectivity index (χ1n) is 19.1. The number of halogens is 1. The van der Waals surface area contributed by atoms with Crippen LogP contribution in [0.3, 0.4) is 0 Å². The SMILES string of the molecule is CC.CC(C)C.COCC1C(OCCNSI)CC[C@]2(C)C3=CCC4CC(CC(C)C)CCC4(S)C3CCC12.O=COCc1ccccc1. The summed E-state index contributed by atoms with van der Waals surface area (Å²) in [5.74, 6) is 5.17. The van der Waals surface area contributed by atoms with E-state index in [0.717, 1.165) is 55.4 Å². The Morgan fingerprint density at radius 1 is 1.06 bits per heavy atom. The van der Waals surface area contributed by atoms with Crippen molar-refractivity contribution < 1.29 is 19.0 Å². The van der Waals surface area contributed by atoms with E-state index in [1.54, 1.807) is 14.7 Å². The average Bonchev–Trinajstić information content (AvgIpc) is 3.08. The van der Waals surface area contributed by atoms with Crippen molar-refractivity contribution in [3.05, 3.63) is 47.5 Å². The van der Waals surface area contributed by atoms with Gasteiger partial charge in [0.25, 0.3) is 6.47 Å². The molecule has 0 radical (unpaired) electrons. The van der Waals surface area contributed by atoms with Crippen molar-refractivity contribution in [2.75, 3.05) is 26.9 Å². The fourth-order valence-electron chi connectivity index (χ4n) is 9.15. The van der Waals surface area contributed by atoms with Gasteiger partial charge in [-0.25, -0.2) is 0 Å². The normalized spacial score (nSPS) is 31.6. The highest BCUT2D eigenvalue weighted by atomic mass is 127. The number of ether oxygens (including phenoxy) is 3. The third-order valence-corrected chi connectivity index (χ3v) is 13.1. The Morgan fingerprint density at radius 2 is 1.76 bits per heavy atom. The maximum atomic E-state index is 9.76. The topological polar surface area (TPSA) is 56.8 Å². The molecule has 3 fully saturated rings. The summed E-state index contributed by atoms with van der Waals surface area (Å²) in [6, 6.07) is 9.55. The van der Waals surface area contributed by atoms with Crippen LogP contribution in [0.4, 0.5) is 0 Å². The molecule has 0 aromatic heterocycles. The van der Waals surface area contributed by atoms with Crippen molar-refractivity contribution in [1.29, 1.82) is 0 Å². The molecule has 1 aromatic carbocycles. The first-order valence-corrected chi connectivity index (χ1v) is 22.9. The monoisotopic (exact) mass is 831 g/mol. The zero-order valence-corrected chi connectivity index (χ0v) is 36.1. The van der Waals surface area contributed by atoms with Crippen molar-refractivity contribution in [2.24, 2.45) is 46.8 Å². The molecule has 4 aliphatic carbocycles. The molecule has 0 spiro atoms. The third-order valence-electron chi connectivity index (χ3n) is 11.0. The lowest BCUT2D eigenvalue weighted by Crippen LogP contribution is -2.57. The van der Waals surface area contributed by atoms with Crippen LogP contribution in [0.15, 0.2) is 42.0 Å². The van der Waals surface area contributed by atoms with E-state index in [0.29, 0.717) is 36.9 Å².